The van der Waals surface area contributed by atoms with E-state index < -0.39 is 0 Å². The van der Waals surface area contributed by atoms with Crippen molar-refractivity contribution in [1.82, 2.24) is 15.5 Å². The van der Waals surface area contributed by atoms with Gasteiger partial charge in [0.1, 0.15) is 0 Å². The van der Waals surface area contributed by atoms with E-state index in [0.29, 0.717) is 11.9 Å². The summed E-state index contributed by atoms with van der Waals surface area (Å²) >= 11 is 0. The zero-order valence-corrected chi connectivity index (χ0v) is 12.8. The summed E-state index contributed by atoms with van der Waals surface area (Å²) in [5, 5.41) is 14.0. The van der Waals surface area contributed by atoms with Crippen LogP contribution in [0.2, 0.25) is 0 Å². The summed E-state index contributed by atoms with van der Waals surface area (Å²) in [6.45, 7) is 1.78. The Kier molecular flexibility index (Phi) is 3.57. The molecule has 2 aliphatic rings. The summed E-state index contributed by atoms with van der Waals surface area (Å²) in [6.07, 6.45) is 3.14. The highest BCUT2D eigenvalue weighted by atomic mass is 16.2. The fourth-order valence-electron chi connectivity index (χ4n) is 2.82. The first-order chi connectivity index (χ1) is 11.3. The first kappa shape index (κ1) is 14.0. The van der Waals surface area contributed by atoms with E-state index in [2.05, 4.69) is 50.0 Å². The second-order valence-corrected chi connectivity index (χ2v) is 6.09. The number of carbonyl (C=O) groups is 1. The minimum Gasteiger partial charge on any atom is -0.350 e. The van der Waals surface area contributed by atoms with E-state index in [1.165, 1.54) is 11.1 Å². The average molecular weight is 309 g/mol. The van der Waals surface area contributed by atoms with E-state index >= 15 is 0 Å². The Morgan fingerprint density at radius 2 is 1.91 bits per heavy atom. The number of carbonyl (C=O) groups excluding carboxylic acids is 1. The minimum atomic E-state index is -0.207. The molecule has 23 heavy (non-hydrogen) atoms. The van der Waals surface area contributed by atoms with Gasteiger partial charge in [-0.05, 0) is 42.5 Å². The fraction of sp³-hybridized carbons (Fsp3) is 0.353. The second-order valence-electron chi connectivity index (χ2n) is 6.09. The van der Waals surface area contributed by atoms with Crippen LogP contribution < -0.4 is 15.5 Å². The molecule has 2 heterocycles. The first-order valence-corrected chi connectivity index (χ1v) is 8.01. The summed E-state index contributed by atoms with van der Waals surface area (Å²) in [6, 6.07) is 12.3. The van der Waals surface area contributed by atoms with Crippen molar-refractivity contribution in [2.24, 2.45) is 0 Å². The van der Waals surface area contributed by atoms with Crippen LogP contribution in [0.1, 0.15) is 24.0 Å². The van der Waals surface area contributed by atoms with E-state index in [-0.39, 0.29) is 6.03 Å². The molecular weight excluding hydrogens is 290 g/mol. The molecule has 6 nitrogen and oxygen atoms in total. The molecule has 1 aliphatic heterocycles. The lowest BCUT2D eigenvalue weighted by Gasteiger charge is -2.29. The number of nitrogens with one attached hydrogen (secondary N) is 2. The van der Waals surface area contributed by atoms with Crippen molar-refractivity contribution in [2.75, 3.05) is 16.8 Å². The number of hydrogen-bond donors (Lipinski definition) is 2. The topological polar surface area (TPSA) is 70.2 Å². The van der Waals surface area contributed by atoms with Crippen molar-refractivity contribution >= 4 is 17.7 Å². The first-order valence-electron chi connectivity index (χ1n) is 8.01. The molecule has 0 spiro atoms. The van der Waals surface area contributed by atoms with Gasteiger partial charge in [-0.3, -0.25) is 5.32 Å². The number of rotatable bonds is 3. The summed E-state index contributed by atoms with van der Waals surface area (Å²) < 4.78 is 0. The zero-order valence-electron chi connectivity index (χ0n) is 12.8. The van der Waals surface area contributed by atoms with Gasteiger partial charge in [-0.2, -0.15) is 0 Å². The predicted octanol–water partition coefficient (Wildman–Crippen LogP) is 2.32. The van der Waals surface area contributed by atoms with Gasteiger partial charge in [0.15, 0.2) is 11.6 Å². The number of anilines is 2. The Morgan fingerprint density at radius 1 is 1.09 bits per heavy atom. The van der Waals surface area contributed by atoms with Crippen LogP contribution >= 0.6 is 0 Å². The second kappa shape index (κ2) is 5.87. The molecular formula is C17H19N5O. The third-order valence-electron chi connectivity index (χ3n) is 4.26. The molecule has 2 aromatic rings. The molecule has 4 rings (SSSR count). The van der Waals surface area contributed by atoms with Gasteiger partial charge in [0.2, 0.25) is 0 Å². The maximum atomic E-state index is 11.7. The van der Waals surface area contributed by atoms with Crippen molar-refractivity contribution in [3.8, 4) is 0 Å². The molecule has 0 bridgehead atoms. The largest absolute Gasteiger partial charge is 0.350 e. The highest BCUT2D eigenvalue weighted by molar-refractivity contribution is 5.88. The number of benzene rings is 1. The lowest BCUT2D eigenvalue weighted by atomic mass is 10.00. The van der Waals surface area contributed by atoms with E-state index in [9.17, 15) is 4.79 Å². The van der Waals surface area contributed by atoms with Gasteiger partial charge in [-0.1, -0.05) is 24.3 Å². The number of aromatic nitrogens is 2. The monoisotopic (exact) mass is 309 g/mol. The normalized spacial score (nSPS) is 16.6. The number of fused-ring (bicyclic) bond motifs is 1. The highest BCUT2D eigenvalue weighted by Gasteiger charge is 2.23. The molecule has 0 saturated heterocycles. The highest BCUT2D eigenvalue weighted by Crippen LogP contribution is 2.23. The maximum absolute atomic E-state index is 11.7. The summed E-state index contributed by atoms with van der Waals surface area (Å²) in [7, 11) is 0. The average Bonchev–Trinajstić information content (AvgIpc) is 3.39. The van der Waals surface area contributed by atoms with Gasteiger partial charge in [0.05, 0.1) is 0 Å². The molecule has 1 saturated carbocycles. The number of urea groups is 1. The summed E-state index contributed by atoms with van der Waals surface area (Å²) in [4.78, 5) is 13.9. The van der Waals surface area contributed by atoms with Crippen LogP contribution in [-0.4, -0.2) is 28.8 Å². The van der Waals surface area contributed by atoms with Crippen LogP contribution in [0.15, 0.2) is 36.4 Å². The van der Waals surface area contributed by atoms with Crippen molar-refractivity contribution in [3.05, 3.63) is 47.5 Å². The van der Waals surface area contributed by atoms with Gasteiger partial charge >= 0.3 is 6.03 Å². The van der Waals surface area contributed by atoms with Gasteiger partial charge in [-0.15, -0.1) is 10.2 Å². The number of nitrogens with zero attached hydrogens (tertiary/aromatic N) is 3. The van der Waals surface area contributed by atoms with Crippen molar-refractivity contribution < 1.29 is 4.79 Å². The van der Waals surface area contributed by atoms with Crippen molar-refractivity contribution in [1.29, 1.82) is 0 Å². The minimum absolute atomic E-state index is 0.207. The fourth-order valence-corrected chi connectivity index (χ4v) is 2.82. The summed E-state index contributed by atoms with van der Waals surface area (Å²) in [5.74, 6) is 1.32. The molecule has 118 valence electrons. The number of amides is 2. The van der Waals surface area contributed by atoms with Crippen LogP contribution in [0.4, 0.5) is 16.4 Å². The van der Waals surface area contributed by atoms with E-state index in [1.54, 1.807) is 6.07 Å². The Morgan fingerprint density at radius 3 is 2.65 bits per heavy atom. The van der Waals surface area contributed by atoms with E-state index in [0.717, 1.165) is 38.2 Å². The molecule has 0 unspecified atom stereocenters. The van der Waals surface area contributed by atoms with Gasteiger partial charge in [0.25, 0.3) is 0 Å². The molecule has 1 aliphatic carbocycles. The van der Waals surface area contributed by atoms with Gasteiger partial charge in [0, 0.05) is 19.1 Å². The third-order valence-corrected chi connectivity index (χ3v) is 4.26. The molecule has 6 heteroatoms. The summed E-state index contributed by atoms with van der Waals surface area (Å²) in [5.41, 5.74) is 2.75. The SMILES string of the molecule is O=C(Nc1ccc(N2CCc3ccccc3C2)nn1)NC1CC1. The lowest BCUT2D eigenvalue weighted by molar-refractivity contribution is 0.251. The maximum Gasteiger partial charge on any atom is 0.320 e. The standard InChI is InChI=1S/C17H19N5O/c23-17(18-14-5-6-14)19-15-7-8-16(21-20-15)22-10-9-12-3-1-2-4-13(12)11-22/h1-4,7-8,14H,5-6,9-11H2,(H2,18,19,20,23). The zero-order chi connectivity index (χ0) is 15.6. The van der Waals surface area contributed by atoms with Crippen LogP contribution in [0.3, 0.4) is 0 Å². The molecule has 2 amide bonds. The Bertz CT molecular complexity index is 711. The molecule has 1 aromatic carbocycles. The molecule has 0 radical (unpaired) electrons. The van der Waals surface area contributed by atoms with E-state index in [1.807, 2.05) is 6.07 Å². The quantitative estimate of drug-likeness (QED) is 0.913. The molecule has 1 aromatic heterocycles. The Balaban J connectivity index is 1.41. The van der Waals surface area contributed by atoms with Gasteiger partial charge in [-0.25, -0.2) is 4.79 Å². The van der Waals surface area contributed by atoms with Crippen molar-refractivity contribution in [3.63, 3.8) is 0 Å². The van der Waals surface area contributed by atoms with Crippen LogP contribution in [-0.2, 0) is 13.0 Å². The number of hydrogen-bond acceptors (Lipinski definition) is 4. The molecule has 1 fully saturated rings. The van der Waals surface area contributed by atoms with Crippen LogP contribution in [0.25, 0.3) is 0 Å². The van der Waals surface area contributed by atoms with Crippen LogP contribution in [0.5, 0.6) is 0 Å². The van der Waals surface area contributed by atoms with Gasteiger partial charge < -0.3 is 10.2 Å². The third kappa shape index (κ3) is 3.26. The molecule has 2 N–H and O–H groups in total. The lowest BCUT2D eigenvalue weighted by Crippen LogP contribution is -2.32. The van der Waals surface area contributed by atoms with Crippen LogP contribution in [0, 0.1) is 0 Å². The van der Waals surface area contributed by atoms with E-state index in [4.69, 9.17) is 0 Å². The van der Waals surface area contributed by atoms with Crippen molar-refractivity contribution in [2.45, 2.75) is 31.8 Å². The predicted molar refractivity (Wildman–Crippen MR) is 88.4 cm³/mol. The smallest absolute Gasteiger partial charge is 0.320 e. The Labute approximate surface area is 134 Å². The molecule has 0 atom stereocenters. The Hall–Kier alpha value is -2.63.